The van der Waals surface area contributed by atoms with E-state index in [0.717, 1.165) is 0 Å². The number of hydrogen-bond acceptors (Lipinski definition) is 4. The average Bonchev–Trinajstić information content (AvgIpc) is 3.11. The lowest BCUT2D eigenvalue weighted by atomic mass is 9.90. The van der Waals surface area contributed by atoms with Gasteiger partial charge in [0.05, 0.1) is 12.5 Å². The van der Waals surface area contributed by atoms with Crippen LogP contribution in [0.4, 0.5) is 4.39 Å². The summed E-state index contributed by atoms with van der Waals surface area (Å²) in [6, 6.07) is 5.27. The maximum absolute atomic E-state index is 13.0. The van der Waals surface area contributed by atoms with Gasteiger partial charge in [0.1, 0.15) is 11.6 Å². The summed E-state index contributed by atoms with van der Waals surface area (Å²) < 4.78 is 23.9. The fourth-order valence-corrected chi connectivity index (χ4v) is 3.16. The third-order valence-corrected chi connectivity index (χ3v) is 4.68. The molecule has 1 aromatic carbocycles. The summed E-state index contributed by atoms with van der Waals surface area (Å²) in [4.78, 5) is 25.8. The second-order valence-corrected chi connectivity index (χ2v) is 6.24. The van der Waals surface area contributed by atoms with Crippen LogP contribution in [0.15, 0.2) is 24.3 Å². The summed E-state index contributed by atoms with van der Waals surface area (Å²) in [5.74, 6) is -1.27. The van der Waals surface area contributed by atoms with Crippen LogP contribution in [0.1, 0.15) is 19.3 Å². The second-order valence-electron chi connectivity index (χ2n) is 6.24. The number of hydrogen-bond donors (Lipinski definition) is 1. The van der Waals surface area contributed by atoms with Gasteiger partial charge in [-0.1, -0.05) is 0 Å². The smallest absolute Gasteiger partial charge is 0.348 e. The first kappa shape index (κ1) is 16.7. The van der Waals surface area contributed by atoms with Crippen molar-refractivity contribution in [2.75, 3.05) is 26.3 Å². The van der Waals surface area contributed by atoms with Crippen molar-refractivity contribution < 1.29 is 28.6 Å². The van der Waals surface area contributed by atoms with E-state index in [2.05, 4.69) is 0 Å². The highest BCUT2D eigenvalue weighted by atomic mass is 19.1. The molecule has 2 aliphatic heterocycles. The molecule has 0 unspecified atom stereocenters. The van der Waals surface area contributed by atoms with Crippen molar-refractivity contribution in [1.82, 2.24) is 4.90 Å². The van der Waals surface area contributed by atoms with Crippen molar-refractivity contribution in [3.05, 3.63) is 30.1 Å². The molecule has 1 amide bonds. The van der Waals surface area contributed by atoms with E-state index in [0.29, 0.717) is 38.5 Å². The Morgan fingerprint density at radius 3 is 2.46 bits per heavy atom. The summed E-state index contributed by atoms with van der Waals surface area (Å²) in [5.41, 5.74) is -1.39. The Kier molecular flexibility index (Phi) is 4.71. The number of benzene rings is 1. The van der Waals surface area contributed by atoms with E-state index in [1.807, 2.05) is 0 Å². The first-order chi connectivity index (χ1) is 11.5. The molecule has 2 fully saturated rings. The lowest BCUT2D eigenvalue weighted by Crippen LogP contribution is -2.55. The molecule has 0 radical (unpaired) electrons. The van der Waals surface area contributed by atoms with E-state index in [9.17, 15) is 19.1 Å². The Bertz CT molecular complexity index is 604. The maximum atomic E-state index is 13.0. The van der Waals surface area contributed by atoms with Crippen molar-refractivity contribution in [2.45, 2.75) is 24.9 Å². The number of piperidine rings is 1. The number of halogens is 1. The Hall–Kier alpha value is -2.15. The molecule has 6 nitrogen and oxygen atoms in total. The summed E-state index contributed by atoms with van der Waals surface area (Å²) in [7, 11) is 0. The molecular weight excluding hydrogens is 317 g/mol. The number of carbonyl (C=O) groups excluding carboxylic acids is 1. The third-order valence-electron chi connectivity index (χ3n) is 4.68. The standard InChI is InChI=1S/C17H20FNO5/c18-13-1-3-14(4-2-13)24-17(16(21)22)6-8-19(9-7-17)15(20)12-5-10-23-11-12/h1-4,12H,5-11H2,(H,21,22)/t12-/m1/s1. The van der Waals surface area contributed by atoms with Gasteiger partial charge in [0.15, 0.2) is 0 Å². The van der Waals surface area contributed by atoms with Gasteiger partial charge in [-0.15, -0.1) is 0 Å². The van der Waals surface area contributed by atoms with E-state index in [4.69, 9.17) is 9.47 Å². The molecule has 24 heavy (non-hydrogen) atoms. The predicted molar refractivity (Wildman–Crippen MR) is 82.1 cm³/mol. The number of likely N-dealkylation sites (tertiary alicyclic amines) is 1. The number of carboxylic acids is 1. The molecule has 0 saturated carbocycles. The molecule has 0 bridgehead atoms. The largest absolute Gasteiger partial charge is 0.478 e. The number of carbonyl (C=O) groups is 2. The van der Waals surface area contributed by atoms with Crippen molar-refractivity contribution in [3.8, 4) is 5.75 Å². The molecule has 130 valence electrons. The minimum absolute atomic E-state index is 0.0215. The average molecular weight is 337 g/mol. The zero-order chi connectivity index (χ0) is 17.2. The lowest BCUT2D eigenvalue weighted by Gasteiger charge is -2.39. The number of amides is 1. The fourth-order valence-electron chi connectivity index (χ4n) is 3.16. The van der Waals surface area contributed by atoms with Gasteiger partial charge >= 0.3 is 5.97 Å². The number of ether oxygens (including phenoxy) is 2. The summed E-state index contributed by atoms with van der Waals surface area (Å²) in [5, 5.41) is 9.62. The Morgan fingerprint density at radius 2 is 1.92 bits per heavy atom. The summed E-state index contributed by atoms with van der Waals surface area (Å²) in [6.45, 7) is 1.67. The van der Waals surface area contributed by atoms with Gasteiger partial charge < -0.3 is 19.5 Å². The number of carboxylic acid groups (broad SMARTS) is 1. The molecule has 2 saturated heterocycles. The van der Waals surface area contributed by atoms with Gasteiger partial charge in [-0.25, -0.2) is 9.18 Å². The highest BCUT2D eigenvalue weighted by molar-refractivity contribution is 5.81. The summed E-state index contributed by atoms with van der Waals surface area (Å²) >= 11 is 0. The van der Waals surface area contributed by atoms with E-state index in [1.165, 1.54) is 24.3 Å². The van der Waals surface area contributed by atoms with Crippen LogP contribution >= 0.6 is 0 Å². The van der Waals surface area contributed by atoms with Crippen LogP contribution in [0.2, 0.25) is 0 Å². The van der Waals surface area contributed by atoms with Crippen LogP contribution in [-0.2, 0) is 14.3 Å². The van der Waals surface area contributed by atoms with Crippen molar-refractivity contribution in [2.24, 2.45) is 5.92 Å². The van der Waals surface area contributed by atoms with Crippen molar-refractivity contribution >= 4 is 11.9 Å². The van der Waals surface area contributed by atoms with E-state index < -0.39 is 17.4 Å². The van der Waals surface area contributed by atoms with Gasteiger partial charge in [0.25, 0.3) is 0 Å². The summed E-state index contributed by atoms with van der Waals surface area (Å²) in [6.07, 6.45) is 1.10. The molecule has 0 aromatic heterocycles. The normalized spacial score (nSPS) is 23.0. The maximum Gasteiger partial charge on any atom is 0.348 e. The SMILES string of the molecule is O=C([C@@H]1CCOC1)N1CCC(Oc2ccc(F)cc2)(C(=O)O)CC1. The van der Waals surface area contributed by atoms with Crippen LogP contribution in [-0.4, -0.2) is 53.8 Å². The first-order valence-corrected chi connectivity index (χ1v) is 8.05. The van der Waals surface area contributed by atoms with Gasteiger partial charge in [-0.3, -0.25) is 4.79 Å². The Labute approximate surface area is 139 Å². The molecule has 3 rings (SSSR count). The molecule has 0 aliphatic carbocycles. The zero-order valence-electron chi connectivity index (χ0n) is 13.2. The van der Waals surface area contributed by atoms with Crippen molar-refractivity contribution in [1.29, 1.82) is 0 Å². The van der Waals surface area contributed by atoms with Crippen LogP contribution in [0.25, 0.3) is 0 Å². The molecule has 1 N–H and O–H groups in total. The molecule has 1 aromatic rings. The minimum Gasteiger partial charge on any atom is -0.478 e. The number of nitrogens with zero attached hydrogens (tertiary/aromatic N) is 1. The fraction of sp³-hybridized carbons (Fsp3) is 0.529. The number of aliphatic carboxylic acids is 1. The molecular formula is C17H20FNO5. The topological polar surface area (TPSA) is 76.1 Å². The van der Waals surface area contributed by atoms with E-state index in [1.54, 1.807) is 4.90 Å². The van der Waals surface area contributed by atoms with E-state index >= 15 is 0 Å². The van der Waals surface area contributed by atoms with Gasteiger partial charge in [-0.05, 0) is 30.7 Å². The zero-order valence-corrected chi connectivity index (χ0v) is 13.2. The minimum atomic E-state index is -1.39. The molecule has 7 heteroatoms. The van der Waals surface area contributed by atoms with Gasteiger partial charge in [-0.2, -0.15) is 0 Å². The predicted octanol–water partition coefficient (Wildman–Crippen LogP) is 1.69. The molecule has 2 aliphatic rings. The highest BCUT2D eigenvalue weighted by Gasteiger charge is 2.45. The lowest BCUT2D eigenvalue weighted by molar-refractivity contribution is -0.162. The van der Waals surface area contributed by atoms with E-state index in [-0.39, 0.29) is 24.7 Å². The number of rotatable bonds is 4. The van der Waals surface area contributed by atoms with Gasteiger partial charge in [0, 0.05) is 32.5 Å². The highest BCUT2D eigenvalue weighted by Crippen LogP contribution is 2.30. The van der Waals surface area contributed by atoms with Gasteiger partial charge in [0.2, 0.25) is 11.5 Å². The quantitative estimate of drug-likeness (QED) is 0.905. The molecule has 0 spiro atoms. The van der Waals surface area contributed by atoms with Crippen LogP contribution in [0, 0.1) is 11.7 Å². The van der Waals surface area contributed by atoms with Crippen molar-refractivity contribution in [3.63, 3.8) is 0 Å². The Balaban J connectivity index is 1.66. The van der Waals surface area contributed by atoms with Crippen LogP contribution in [0.5, 0.6) is 5.75 Å². The monoisotopic (exact) mass is 337 g/mol. The van der Waals surface area contributed by atoms with Crippen LogP contribution in [0.3, 0.4) is 0 Å². The Morgan fingerprint density at radius 1 is 1.25 bits per heavy atom. The van der Waals surface area contributed by atoms with Crippen LogP contribution < -0.4 is 4.74 Å². The molecule has 2 heterocycles. The third kappa shape index (κ3) is 3.36. The second kappa shape index (κ2) is 6.76. The molecule has 1 atom stereocenters. The first-order valence-electron chi connectivity index (χ1n) is 8.05.